The summed E-state index contributed by atoms with van der Waals surface area (Å²) in [5.74, 6) is 0.802. The van der Waals surface area contributed by atoms with E-state index in [2.05, 4.69) is 23.7 Å². The van der Waals surface area contributed by atoms with E-state index in [0.717, 1.165) is 19.0 Å². The molecule has 0 aromatic carbocycles. The van der Waals surface area contributed by atoms with E-state index >= 15 is 0 Å². The zero-order valence-electron chi connectivity index (χ0n) is 10.9. The molecule has 1 aliphatic rings. The monoisotopic (exact) mass is 253 g/mol. The van der Waals surface area contributed by atoms with Crippen LogP contribution >= 0.6 is 11.3 Å². The molecular weight excluding hydrogens is 230 g/mol. The van der Waals surface area contributed by atoms with E-state index in [4.69, 9.17) is 5.73 Å². The summed E-state index contributed by atoms with van der Waals surface area (Å²) in [6.45, 7) is 8.54. The number of aryl methyl sites for hydroxylation is 2. The zero-order valence-corrected chi connectivity index (χ0v) is 11.7. The summed E-state index contributed by atoms with van der Waals surface area (Å²) in [5.41, 5.74) is 6.85. The predicted molar refractivity (Wildman–Crippen MR) is 73.3 cm³/mol. The van der Waals surface area contributed by atoms with Gasteiger partial charge < -0.3 is 5.73 Å². The van der Waals surface area contributed by atoms with E-state index in [-0.39, 0.29) is 0 Å². The Labute approximate surface area is 108 Å². The minimum Gasteiger partial charge on any atom is -0.330 e. The molecule has 3 nitrogen and oxygen atoms in total. The van der Waals surface area contributed by atoms with Gasteiger partial charge in [-0.15, -0.1) is 11.3 Å². The Morgan fingerprint density at radius 2 is 2.29 bits per heavy atom. The second-order valence-corrected chi connectivity index (χ2v) is 6.36. The van der Waals surface area contributed by atoms with Crippen LogP contribution in [0.15, 0.2) is 0 Å². The van der Waals surface area contributed by atoms with E-state index in [0.29, 0.717) is 0 Å². The molecule has 0 radical (unpaired) electrons. The van der Waals surface area contributed by atoms with Crippen molar-refractivity contribution in [1.82, 2.24) is 9.88 Å². The highest BCUT2D eigenvalue weighted by atomic mass is 32.1. The number of hydrogen-bond acceptors (Lipinski definition) is 4. The molecule has 17 heavy (non-hydrogen) atoms. The molecule has 2 heterocycles. The van der Waals surface area contributed by atoms with Gasteiger partial charge in [-0.1, -0.05) is 0 Å². The van der Waals surface area contributed by atoms with Crippen LogP contribution in [-0.2, 0) is 6.54 Å². The summed E-state index contributed by atoms with van der Waals surface area (Å²) in [4.78, 5) is 8.53. The first-order valence-electron chi connectivity index (χ1n) is 6.54. The van der Waals surface area contributed by atoms with Gasteiger partial charge in [0.15, 0.2) is 0 Å². The lowest BCUT2D eigenvalue weighted by molar-refractivity contribution is 0.163. The molecule has 96 valence electrons. The van der Waals surface area contributed by atoms with Crippen molar-refractivity contribution >= 4 is 11.3 Å². The average molecular weight is 253 g/mol. The van der Waals surface area contributed by atoms with E-state index in [1.165, 1.54) is 47.9 Å². The summed E-state index contributed by atoms with van der Waals surface area (Å²) in [6, 6.07) is 0. The molecule has 0 aliphatic carbocycles. The maximum atomic E-state index is 5.65. The minimum atomic E-state index is 0.802. The molecule has 1 aliphatic heterocycles. The van der Waals surface area contributed by atoms with E-state index < -0.39 is 0 Å². The second-order valence-electron chi connectivity index (χ2n) is 5.07. The Bertz CT molecular complexity index is 340. The number of nitrogens with zero attached hydrogens (tertiary/aromatic N) is 2. The van der Waals surface area contributed by atoms with Crippen molar-refractivity contribution in [2.24, 2.45) is 11.7 Å². The van der Waals surface area contributed by atoms with Crippen LogP contribution < -0.4 is 5.73 Å². The maximum Gasteiger partial charge on any atom is 0.107 e. The van der Waals surface area contributed by atoms with Gasteiger partial charge >= 0.3 is 0 Å². The van der Waals surface area contributed by atoms with Crippen LogP contribution in [0.5, 0.6) is 0 Å². The van der Waals surface area contributed by atoms with Gasteiger partial charge in [0.05, 0.1) is 12.2 Å². The molecule has 0 bridgehead atoms. The van der Waals surface area contributed by atoms with Crippen LogP contribution in [0, 0.1) is 19.8 Å². The second kappa shape index (κ2) is 5.94. The lowest BCUT2D eigenvalue weighted by Gasteiger charge is -2.31. The van der Waals surface area contributed by atoms with Crippen molar-refractivity contribution in [3.05, 3.63) is 15.6 Å². The lowest BCUT2D eigenvalue weighted by Crippen LogP contribution is -2.35. The summed E-state index contributed by atoms with van der Waals surface area (Å²) < 4.78 is 0. The van der Waals surface area contributed by atoms with Crippen LogP contribution in [0.1, 0.15) is 34.8 Å². The molecular formula is C13H23N3S. The molecule has 0 unspecified atom stereocenters. The van der Waals surface area contributed by atoms with Crippen molar-refractivity contribution in [1.29, 1.82) is 0 Å². The van der Waals surface area contributed by atoms with Gasteiger partial charge in [-0.3, -0.25) is 4.90 Å². The Morgan fingerprint density at radius 3 is 2.94 bits per heavy atom. The zero-order chi connectivity index (χ0) is 12.3. The summed E-state index contributed by atoms with van der Waals surface area (Å²) in [5, 5.41) is 1.27. The molecule has 0 saturated carbocycles. The van der Waals surface area contributed by atoms with Crippen LogP contribution in [0.4, 0.5) is 0 Å². The van der Waals surface area contributed by atoms with Crippen LogP contribution in [0.25, 0.3) is 0 Å². The first-order chi connectivity index (χ1) is 8.19. The van der Waals surface area contributed by atoms with Gasteiger partial charge in [0, 0.05) is 11.4 Å². The fraction of sp³-hybridized carbons (Fsp3) is 0.769. The van der Waals surface area contributed by atoms with Gasteiger partial charge in [0.25, 0.3) is 0 Å². The molecule has 1 aromatic heterocycles. The SMILES string of the molecule is Cc1nc(CN2CCC[C@@H](CCN)C2)sc1C. The van der Waals surface area contributed by atoms with Gasteiger partial charge in [-0.25, -0.2) is 4.98 Å². The van der Waals surface area contributed by atoms with E-state index in [1.807, 2.05) is 11.3 Å². The van der Waals surface area contributed by atoms with Gasteiger partial charge in [-0.05, 0) is 52.1 Å². The topological polar surface area (TPSA) is 42.2 Å². The van der Waals surface area contributed by atoms with Crippen molar-refractivity contribution in [2.45, 2.75) is 39.7 Å². The molecule has 2 N–H and O–H groups in total. The van der Waals surface area contributed by atoms with Crippen molar-refractivity contribution in [3.8, 4) is 0 Å². The number of likely N-dealkylation sites (tertiary alicyclic amines) is 1. The molecule has 0 amide bonds. The number of aromatic nitrogens is 1. The highest BCUT2D eigenvalue weighted by Crippen LogP contribution is 2.23. The van der Waals surface area contributed by atoms with Gasteiger partial charge in [0.2, 0.25) is 0 Å². The standard InChI is InChI=1S/C13H23N3S/c1-10-11(2)17-13(15-10)9-16-7-3-4-12(8-16)5-6-14/h12H,3-9,14H2,1-2H3/t12-/m0/s1. The van der Waals surface area contributed by atoms with Crippen LogP contribution in [-0.4, -0.2) is 29.5 Å². The predicted octanol–water partition coefficient (Wildman–Crippen LogP) is 2.32. The molecule has 2 rings (SSSR count). The summed E-state index contributed by atoms with van der Waals surface area (Å²) in [7, 11) is 0. The lowest BCUT2D eigenvalue weighted by atomic mass is 9.95. The quantitative estimate of drug-likeness (QED) is 0.895. The number of rotatable bonds is 4. The Hall–Kier alpha value is -0.450. The highest BCUT2D eigenvalue weighted by molar-refractivity contribution is 7.11. The largest absolute Gasteiger partial charge is 0.330 e. The van der Waals surface area contributed by atoms with E-state index in [9.17, 15) is 0 Å². The fourth-order valence-corrected chi connectivity index (χ4v) is 3.54. The van der Waals surface area contributed by atoms with Crippen LogP contribution in [0.2, 0.25) is 0 Å². The number of hydrogen-bond donors (Lipinski definition) is 1. The molecule has 4 heteroatoms. The number of nitrogens with two attached hydrogens (primary N) is 1. The van der Waals surface area contributed by atoms with Crippen molar-refractivity contribution < 1.29 is 0 Å². The third kappa shape index (κ3) is 3.50. The molecule has 1 atom stereocenters. The van der Waals surface area contributed by atoms with Gasteiger partial charge in [-0.2, -0.15) is 0 Å². The van der Waals surface area contributed by atoms with E-state index in [1.54, 1.807) is 0 Å². The fourth-order valence-electron chi connectivity index (χ4n) is 2.56. The molecule has 1 fully saturated rings. The number of piperidine rings is 1. The van der Waals surface area contributed by atoms with Crippen LogP contribution in [0.3, 0.4) is 0 Å². The Morgan fingerprint density at radius 1 is 1.47 bits per heavy atom. The molecule has 1 saturated heterocycles. The molecule has 1 aromatic rings. The smallest absolute Gasteiger partial charge is 0.107 e. The first-order valence-corrected chi connectivity index (χ1v) is 7.36. The number of thiazole rings is 1. The average Bonchev–Trinajstić information content (AvgIpc) is 2.59. The van der Waals surface area contributed by atoms with Crippen molar-refractivity contribution in [3.63, 3.8) is 0 Å². The van der Waals surface area contributed by atoms with Crippen molar-refractivity contribution in [2.75, 3.05) is 19.6 Å². The minimum absolute atomic E-state index is 0.802. The summed E-state index contributed by atoms with van der Waals surface area (Å²) in [6.07, 6.45) is 3.84. The van der Waals surface area contributed by atoms with Gasteiger partial charge in [0.1, 0.15) is 5.01 Å². The maximum absolute atomic E-state index is 5.65. The summed E-state index contributed by atoms with van der Waals surface area (Å²) >= 11 is 1.85. The third-order valence-corrected chi connectivity index (χ3v) is 4.67. The highest BCUT2D eigenvalue weighted by Gasteiger charge is 2.20. The third-order valence-electron chi connectivity index (χ3n) is 3.61. The first kappa shape index (κ1) is 13.0. The Kier molecular flexibility index (Phi) is 4.54. The Balaban J connectivity index is 1.90. The normalized spacial score (nSPS) is 21.9. The molecule has 0 spiro atoms.